The molecule has 1 aromatic heterocycles. The predicted molar refractivity (Wildman–Crippen MR) is 165 cm³/mol. The summed E-state index contributed by atoms with van der Waals surface area (Å²) in [5.41, 5.74) is 7.67. The number of aliphatic carboxylic acids is 2. The minimum absolute atomic E-state index is 0.0750. The highest BCUT2D eigenvalue weighted by atomic mass is 19.4. The smallest absolute Gasteiger partial charge is 0.490 e. The lowest BCUT2D eigenvalue weighted by Crippen LogP contribution is -2.39. The van der Waals surface area contributed by atoms with Crippen molar-refractivity contribution in [1.82, 2.24) is 10.3 Å². The summed E-state index contributed by atoms with van der Waals surface area (Å²) in [6.07, 6.45) is -3.54. The molecule has 0 radical (unpaired) electrons. The first-order valence-electron chi connectivity index (χ1n) is 13.9. The van der Waals surface area contributed by atoms with Gasteiger partial charge in [0, 0.05) is 17.3 Å². The number of nitrogens with one attached hydrogen (secondary N) is 2. The molecule has 4 rings (SSSR count). The van der Waals surface area contributed by atoms with Gasteiger partial charge in [-0.15, -0.1) is 0 Å². The number of rotatable bonds is 11. The highest BCUT2D eigenvalue weighted by molar-refractivity contribution is 5.94. The van der Waals surface area contributed by atoms with Crippen molar-refractivity contribution in [3.8, 4) is 11.5 Å². The van der Waals surface area contributed by atoms with Gasteiger partial charge in [0.1, 0.15) is 11.9 Å². The number of benzene rings is 3. The van der Waals surface area contributed by atoms with Gasteiger partial charge in [0.25, 0.3) is 0 Å². The van der Waals surface area contributed by atoms with Crippen LogP contribution in [0.15, 0.2) is 79.0 Å². The molecule has 244 valence electrons. The summed E-state index contributed by atoms with van der Waals surface area (Å²) in [6.45, 7) is 6.09. The van der Waals surface area contributed by atoms with Crippen molar-refractivity contribution < 1.29 is 47.2 Å². The Bertz CT molecular complexity index is 1670. The summed E-state index contributed by atoms with van der Waals surface area (Å²) < 4.78 is 43.4. The van der Waals surface area contributed by atoms with E-state index in [-0.39, 0.29) is 6.10 Å². The molecule has 46 heavy (non-hydrogen) atoms. The Morgan fingerprint density at radius 3 is 2.17 bits per heavy atom. The van der Waals surface area contributed by atoms with Gasteiger partial charge in [-0.1, -0.05) is 36.4 Å². The van der Waals surface area contributed by atoms with Crippen molar-refractivity contribution in [3.63, 3.8) is 0 Å². The third-order valence-corrected chi connectivity index (χ3v) is 6.24. The fourth-order valence-electron chi connectivity index (χ4n) is 4.24. The molecular formula is C32H33F3N4O7. The predicted octanol–water partition coefficient (Wildman–Crippen LogP) is 5.73. The summed E-state index contributed by atoms with van der Waals surface area (Å²) in [6, 6.07) is 18.9. The molecular weight excluding hydrogens is 609 g/mol. The van der Waals surface area contributed by atoms with Crippen LogP contribution < -0.4 is 25.8 Å². The van der Waals surface area contributed by atoms with E-state index < -0.39 is 36.1 Å². The molecule has 0 saturated heterocycles. The van der Waals surface area contributed by atoms with Gasteiger partial charge in [-0.3, -0.25) is 4.79 Å². The molecule has 0 aliphatic heterocycles. The van der Waals surface area contributed by atoms with E-state index in [0.717, 1.165) is 10.8 Å². The number of nitrogens with zero attached hydrogens (tertiary/aromatic N) is 1. The number of nitrogens with two attached hydrogens (primary N) is 1. The van der Waals surface area contributed by atoms with Gasteiger partial charge in [-0.05, 0) is 73.7 Å². The molecule has 0 aliphatic rings. The molecule has 3 aromatic carbocycles. The standard InChI is InChI=1S/C30H32N4O5.C2HF3O2/c1-4-38-25-17-21(10-13-24(25)39-18(2)3)26(29(35)34-27(30(36)37)19-8-6-5-7-9-19)33-22-11-12-23-20(16-22)14-15-32-28(23)31;3-2(4,5)1(6)7/h5-18,26-27,33H,4H2,1-3H3,(H2,31,32)(H,34,35)(H,36,37);(H,6,7). The Morgan fingerprint density at radius 1 is 0.913 bits per heavy atom. The van der Waals surface area contributed by atoms with E-state index in [2.05, 4.69) is 15.6 Å². The number of hydrogen-bond acceptors (Lipinski definition) is 8. The SMILES string of the molecule is CCOc1cc(C(Nc2ccc3c(N)nccc3c2)C(=O)NC(C(=O)O)c2ccccc2)ccc1OC(C)C.O=C(O)C(F)(F)F. The summed E-state index contributed by atoms with van der Waals surface area (Å²) in [5.74, 6) is -3.01. The van der Waals surface area contributed by atoms with Crippen LogP contribution >= 0.6 is 0 Å². The maximum absolute atomic E-state index is 13.7. The van der Waals surface area contributed by atoms with Crippen LogP contribution in [-0.2, 0) is 14.4 Å². The molecule has 1 heterocycles. The van der Waals surface area contributed by atoms with Crippen LogP contribution in [-0.4, -0.2) is 51.9 Å². The summed E-state index contributed by atoms with van der Waals surface area (Å²) in [7, 11) is 0. The minimum atomic E-state index is -5.08. The van der Waals surface area contributed by atoms with E-state index in [0.29, 0.717) is 40.7 Å². The van der Waals surface area contributed by atoms with Crippen LogP contribution in [0.25, 0.3) is 10.8 Å². The number of amides is 1. The van der Waals surface area contributed by atoms with Crippen molar-refractivity contribution in [2.24, 2.45) is 0 Å². The average molecular weight is 643 g/mol. The first kappa shape index (κ1) is 35.0. The third-order valence-electron chi connectivity index (χ3n) is 6.24. The number of carbonyl (C=O) groups excluding carboxylic acids is 1. The van der Waals surface area contributed by atoms with Gasteiger partial charge in [0.05, 0.1) is 12.7 Å². The van der Waals surface area contributed by atoms with E-state index in [1.54, 1.807) is 60.8 Å². The number of fused-ring (bicyclic) bond motifs is 1. The lowest BCUT2D eigenvalue weighted by Gasteiger charge is -2.24. The van der Waals surface area contributed by atoms with Crippen molar-refractivity contribution in [2.45, 2.75) is 45.1 Å². The Balaban J connectivity index is 0.000000738. The van der Waals surface area contributed by atoms with Gasteiger partial charge in [-0.2, -0.15) is 13.2 Å². The molecule has 0 saturated carbocycles. The van der Waals surface area contributed by atoms with Crippen LogP contribution in [0.2, 0.25) is 0 Å². The zero-order valence-corrected chi connectivity index (χ0v) is 25.0. The number of ether oxygens (including phenoxy) is 2. The van der Waals surface area contributed by atoms with Crippen molar-refractivity contribution in [3.05, 3.63) is 90.1 Å². The Hall–Kier alpha value is -5.53. The number of carbonyl (C=O) groups is 3. The van der Waals surface area contributed by atoms with Crippen LogP contribution in [0.1, 0.15) is 44.0 Å². The topological polar surface area (TPSA) is 173 Å². The third kappa shape index (κ3) is 9.48. The number of halogens is 3. The number of pyridine rings is 1. The fourth-order valence-corrected chi connectivity index (χ4v) is 4.24. The number of alkyl halides is 3. The fraction of sp³-hybridized carbons (Fsp3) is 0.250. The van der Waals surface area contributed by atoms with Gasteiger partial charge >= 0.3 is 18.1 Å². The molecule has 1 amide bonds. The first-order valence-corrected chi connectivity index (χ1v) is 13.9. The van der Waals surface area contributed by atoms with Gasteiger partial charge < -0.3 is 36.1 Å². The number of hydrogen-bond donors (Lipinski definition) is 5. The van der Waals surface area contributed by atoms with E-state index >= 15 is 0 Å². The Labute approximate surface area is 262 Å². The molecule has 0 fully saturated rings. The molecule has 6 N–H and O–H groups in total. The molecule has 0 aliphatic carbocycles. The van der Waals surface area contributed by atoms with Gasteiger partial charge in [-0.25, -0.2) is 14.6 Å². The van der Waals surface area contributed by atoms with Crippen molar-refractivity contribution in [2.75, 3.05) is 17.7 Å². The normalized spacial score (nSPS) is 12.3. The number of carboxylic acid groups (broad SMARTS) is 2. The second-order valence-electron chi connectivity index (χ2n) is 10.0. The summed E-state index contributed by atoms with van der Waals surface area (Å²) >= 11 is 0. The van der Waals surface area contributed by atoms with E-state index in [4.69, 9.17) is 25.1 Å². The highest BCUT2D eigenvalue weighted by Gasteiger charge is 2.38. The second-order valence-corrected chi connectivity index (χ2v) is 10.0. The zero-order chi connectivity index (χ0) is 34.0. The maximum Gasteiger partial charge on any atom is 0.490 e. The average Bonchev–Trinajstić information content (AvgIpc) is 2.99. The zero-order valence-electron chi connectivity index (χ0n) is 25.0. The van der Waals surface area contributed by atoms with Crippen molar-refractivity contribution >= 4 is 40.1 Å². The second kappa shape index (κ2) is 15.5. The van der Waals surface area contributed by atoms with E-state index in [1.165, 1.54) is 0 Å². The quantitative estimate of drug-likeness (QED) is 0.136. The van der Waals surface area contributed by atoms with E-state index in [1.807, 2.05) is 39.0 Å². The summed E-state index contributed by atoms with van der Waals surface area (Å²) in [5, 5.41) is 24.6. The van der Waals surface area contributed by atoms with Crippen LogP contribution in [0.3, 0.4) is 0 Å². The molecule has 2 unspecified atom stereocenters. The minimum Gasteiger partial charge on any atom is -0.490 e. The van der Waals surface area contributed by atoms with Gasteiger partial charge in [0.15, 0.2) is 17.5 Å². The number of aromatic nitrogens is 1. The molecule has 11 nitrogen and oxygen atoms in total. The Morgan fingerprint density at radius 2 is 1.59 bits per heavy atom. The lowest BCUT2D eigenvalue weighted by molar-refractivity contribution is -0.192. The first-order chi connectivity index (χ1) is 21.7. The van der Waals surface area contributed by atoms with Gasteiger partial charge in [0.2, 0.25) is 5.91 Å². The molecule has 2 atom stereocenters. The molecule has 4 aromatic rings. The van der Waals surface area contributed by atoms with E-state index in [9.17, 15) is 27.9 Å². The van der Waals surface area contributed by atoms with Crippen LogP contribution in [0.5, 0.6) is 11.5 Å². The van der Waals surface area contributed by atoms with Crippen LogP contribution in [0.4, 0.5) is 24.7 Å². The largest absolute Gasteiger partial charge is 0.490 e. The molecule has 0 spiro atoms. The molecule has 14 heteroatoms. The monoisotopic (exact) mass is 642 g/mol. The maximum atomic E-state index is 13.7. The van der Waals surface area contributed by atoms with Crippen molar-refractivity contribution in [1.29, 1.82) is 0 Å². The lowest BCUT2D eigenvalue weighted by atomic mass is 10.0. The number of anilines is 2. The number of carboxylic acids is 2. The molecule has 0 bridgehead atoms. The Kier molecular flexibility index (Phi) is 11.7. The highest BCUT2D eigenvalue weighted by Crippen LogP contribution is 2.34. The van der Waals surface area contributed by atoms with Crippen LogP contribution in [0, 0.1) is 0 Å². The number of nitrogen functional groups attached to an aromatic ring is 1. The summed E-state index contributed by atoms with van der Waals surface area (Å²) in [4.78, 5) is 38.9.